The molecule has 0 aliphatic rings. The van der Waals surface area contributed by atoms with Gasteiger partial charge in [0.25, 0.3) is 5.91 Å². The highest BCUT2D eigenvalue weighted by atomic mass is 35.5. The number of anilines is 1. The standard InChI is InChI=1S/C21H13ClN2O4/c22-14-5-7-15(8-6-14)24-20(25)13(12-23)11-16-9-10-19(28-16)17-3-1-2-4-18(17)21(26)27/h1-11H,(H,24,25)(H,26,27). The first-order valence-electron chi connectivity index (χ1n) is 8.09. The minimum Gasteiger partial charge on any atom is -0.478 e. The largest absolute Gasteiger partial charge is 0.478 e. The number of benzene rings is 2. The average Bonchev–Trinajstić information content (AvgIpc) is 3.16. The van der Waals surface area contributed by atoms with Gasteiger partial charge in [-0.3, -0.25) is 4.79 Å². The van der Waals surface area contributed by atoms with Crippen molar-refractivity contribution in [1.29, 1.82) is 5.26 Å². The van der Waals surface area contributed by atoms with Crippen molar-refractivity contribution in [2.75, 3.05) is 5.32 Å². The molecule has 0 aliphatic carbocycles. The second-order valence-corrected chi connectivity index (χ2v) is 6.12. The van der Waals surface area contributed by atoms with Gasteiger partial charge in [0, 0.05) is 22.3 Å². The summed E-state index contributed by atoms with van der Waals surface area (Å²) >= 11 is 5.80. The summed E-state index contributed by atoms with van der Waals surface area (Å²) in [6.07, 6.45) is 1.29. The summed E-state index contributed by atoms with van der Waals surface area (Å²) in [5.41, 5.74) is 0.820. The summed E-state index contributed by atoms with van der Waals surface area (Å²) in [6.45, 7) is 0. The van der Waals surface area contributed by atoms with E-state index in [1.165, 1.54) is 12.1 Å². The number of nitrogens with zero attached hydrogens (tertiary/aromatic N) is 1. The molecule has 0 atom stereocenters. The van der Waals surface area contributed by atoms with Crippen molar-refractivity contribution in [3.8, 4) is 17.4 Å². The van der Waals surface area contributed by atoms with E-state index >= 15 is 0 Å². The van der Waals surface area contributed by atoms with E-state index in [1.807, 2.05) is 6.07 Å². The molecule has 0 fully saturated rings. The number of carboxylic acid groups (broad SMARTS) is 1. The van der Waals surface area contributed by atoms with Crippen LogP contribution in [0.15, 0.2) is 70.7 Å². The molecule has 138 valence electrons. The number of rotatable bonds is 5. The Morgan fingerprint density at radius 2 is 1.79 bits per heavy atom. The summed E-state index contributed by atoms with van der Waals surface area (Å²) < 4.78 is 5.62. The molecule has 3 aromatic rings. The lowest BCUT2D eigenvalue weighted by Crippen LogP contribution is -2.13. The highest BCUT2D eigenvalue weighted by Crippen LogP contribution is 2.27. The van der Waals surface area contributed by atoms with E-state index in [2.05, 4.69) is 5.32 Å². The first kappa shape index (κ1) is 19.0. The van der Waals surface area contributed by atoms with Gasteiger partial charge in [-0.05, 0) is 42.5 Å². The smallest absolute Gasteiger partial charge is 0.336 e. The molecule has 0 unspecified atom stereocenters. The van der Waals surface area contributed by atoms with Gasteiger partial charge in [-0.1, -0.05) is 29.8 Å². The third kappa shape index (κ3) is 4.29. The fourth-order valence-corrected chi connectivity index (χ4v) is 2.61. The monoisotopic (exact) mass is 392 g/mol. The molecule has 0 saturated carbocycles. The van der Waals surface area contributed by atoms with Gasteiger partial charge in [0.1, 0.15) is 23.2 Å². The van der Waals surface area contributed by atoms with Gasteiger partial charge >= 0.3 is 5.97 Å². The van der Waals surface area contributed by atoms with Crippen LogP contribution in [0.1, 0.15) is 16.1 Å². The molecule has 2 aromatic carbocycles. The normalized spacial score (nSPS) is 10.9. The zero-order valence-electron chi connectivity index (χ0n) is 14.3. The van der Waals surface area contributed by atoms with Gasteiger partial charge in [0.15, 0.2) is 0 Å². The lowest BCUT2D eigenvalue weighted by molar-refractivity contribution is -0.112. The van der Waals surface area contributed by atoms with Gasteiger partial charge in [-0.25, -0.2) is 4.79 Å². The van der Waals surface area contributed by atoms with Crippen LogP contribution in [-0.2, 0) is 4.79 Å². The topological polar surface area (TPSA) is 103 Å². The van der Waals surface area contributed by atoms with Crippen LogP contribution in [0, 0.1) is 11.3 Å². The lowest BCUT2D eigenvalue weighted by Gasteiger charge is -2.04. The van der Waals surface area contributed by atoms with Crippen molar-refractivity contribution in [3.63, 3.8) is 0 Å². The summed E-state index contributed by atoms with van der Waals surface area (Å²) in [4.78, 5) is 23.7. The Hall–Kier alpha value is -3.82. The molecule has 28 heavy (non-hydrogen) atoms. The summed E-state index contributed by atoms with van der Waals surface area (Å²) in [6, 6.07) is 17.8. The molecule has 1 amide bonds. The summed E-state index contributed by atoms with van der Waals surface area (Å²) in [5.74, 6) is -1.12. The molecule has 6 nitrogen and oxygen atoms in total. The first-order valence-corrected chi connectivity index (χ1v) is 8.47. The number of carbonyl (C=O) groups excluding carboxylic acids is 1. The Kier molecular flexibility index (Phi) is 5.58. The molecular formula is C21H13ClN2O4. The molecule has 1 heterocycles. The van der Waals surface area contributed by atoms with Crippen LogP contribution < -0.4 is 5.32 Å². The second kappa shape index (κ2) is 8.25. The minimum atomic E-state index is -1.08. The van der Waals surface area contributed by atoms with Crippen LogP contribution in [0.25, 0.3) is 17.4 Å². The molecule has 0 bridgehead atoms. The zero-order valence-corrected chi connectivity index (χ0v) is 15.1. The predicted octanol–water partition coefficient (Wildman–Crippen LogP) is 4.84. The van der Waals surface area contributed by atoms with E-state index in [0.29, 0.717) is 22.0 Å². The summed E-state index contributed by atoms with van der Waals surface area (Å²) in [7, 11) is 0. The molecule has 0 saturated heterocycles. The van der Waals surface area contributed by atoms with Crippen molar-refractivity contribution >= 4 is 35.2 Å². The zero-order chi connectivity index (χ0) is 20.1. The number of furan rings is 1. The number of hydrogen-bond donors (Lipinski definition) is 2. The lowest BCUT2D eigenvalue weighted by atomic mass is 10.1. The predicted molar refractivity (Wildman–Crippen MR) is 105 cm³/mol. The van der Waals surface area contributed by atoms with Crippen molar-refractivity contribution in [2.24, 2.45) is 0 Å². The van der Waals surface area contributed by atoms with Crippen molar-refractivity contribution in [3.05, 3.63) is 82.6 Å². The Labute approximate surface area is 165 Å². The molecule has 7 heteroatoms. The molecule has 2 N–H and O–H groups in total. The third-order valence-electron chi connectivity index (χ3n) is 3.80. The maximum atomic E-state index is 12.3. The van der Waals surface area contributed by atoms with Gasteiger partial charge in [0.05, 0.1) is 5.56 Å². The Balaban J connectivity index is 1.85. The van der Waals surface area contributed by atoms with E-state index in [9.17, 15) is 20.0 Å². The summed E-state index contributed by atoms with van der Waals surface area (Å²) in [5, 5.41) is 21.7. The Morgan fingerprint density at radius 3 is 2.46 bits per heavy atom. The highest BCUT2D eigenvalue weighted by Gasteiger charge is 2.15. The number of nitrogens with one attached hydrogen (secondary N) is 1. The highest BCUT2D eigenvalue weighted by molar-refractivity contribution is 6.30. The molecule has 0 radical (unpaired) electrons. The van der Waals surface area contributed by atoms with E-state index in [-0.39, 0.29) is 16.9 Å². The van der Waals surface area contributed by atoms with Crippen molar-refractivity contribution < 1.29 is 19.1 Å². The minimum absolute atomic E-state index is 0.0911. The number of halogens is 1. The Morgan fingerprint density at radius 1 is 1.07 bits per heavy atom. The van der Waals surface area contributed by atoms with E-state index in [0.717, 1.165) is 0 Å². The molecular weight excluding hydrogens is 380 g/mol. The first-order chi connectivity index (χ1) is 13.5. The van der Waals surface area contributed by atoms with Gasteiger partial charge in [0.2, 0.25) is 0 Å². The second-order valence-electron chi connectivity index (χ2n) is 5.68. The fourth-order valence-electron chi connectivity index (χ4n) is 2.48. The van der Waals surface area contributed by atoms with Gasteiger partial charge in [-0.15, -0.1) is 0 Å². The van der Waals surface area contributed by atoms with Crippen LogP contribution in [0.2, 0.25) is 5.02 Å². The number of carboxylic acids is 1. The van der Waals surface area contributed by atoms with E-state index in [1.54, 1.807) is 54.6 Å². The van der Waals surface area contributed by atoms with Gasteiger partial charge < -0.3 is 14.8 Å². The Bertz CT molecular complexity index is 1110. The maximum absolute atomic E-state index is 12.3. The van der Waals surface area contributed by atoms with Crippen LogP contribution in [0.4, 0.5) is 5.69 Å². The van der Waals surface area contributed by atoms with Crippen molar-refractivity contribution in [1.82, 2.24) is 0 Å². The van der Waals surface area contributed by atoms with Crippen molar-refractivity contribution in [2.45, 2.75) is 0 Å². The molecule has 0 aliphatic heterocycles. The quantitative estimate of drug-likeness (QED) is 0.477. The van der Waals surface area contributed by atoms with Gasteiger partial charge in [-0.2, -0.15) is 5.26 Å². The van der Waals surface area contributed by atoms with Crippen LogP contribution in [-0.4, -0.2) is 17.0 Å². The maximum Gasteiger partial charge on any atom is 0.336 e. The third-order valence-corrected chi connectivity index (χ3v) is 4.06. The number of nitriles is 1. The number of hydrogen-bond acceptors (Lipinski definition) is 4. The van der Waals surface area contributed by atoms with Crippen LogP contribution in [0.5, 0.6) is 0 Å². The molecule has 3 rings (SSSR count). The molecule has 0 spiro atoms. The number of aromatic carboxylic acids is 1. The average molecular weight is 393 g/mol. The number of carbonyl (C=O) groups is 2. The van der Waals surface area contributed by atoms with Crippen LogP contribution >= 0.6 is 11.6 Å². The fraction of sp³-hybridized carbons (Fsp3) is 0. The van der Waals surface area contributed by atoms with Crippen LogP contribution in [0.3, 0.4) is 0 Å². The SMILES string of the molecule is N#CC(=Cc1ccc(-c2ccccc2C(=O)O)o1)C(=O)Nc1ccc(Cl)cc1. The van der Waals surface area contributed by atoms with E-state index in [4.69, 9.17) is 16.0 Å². The molecule has 1 aromatic heterocycles. The van der Waals surface area contributed by atoms with E-state index < -0.39 is 11.9 Å². The number of amides is 1.